The molecule has 1 amide bonds. The fourth-order valence-electron chi connectivity index (χ4n) is 4.65. The van der Waals surface area contributed by atoms with Gasteiger partial charge in [0.25, 0.3) is 0 Å². The minimum absolute atomic E-state index is 0.00376. The number of amides is 1. The highest BCUT2D eigenvalue weighted by atomic mass is 35.5. The second-order valence-electron chi connectivity index (χ2n) is 8.97. The highest BCUT2D eigenvalue weighted by Crippen LogP contribution is 2.42. The third kappa shape index (κ3) is 4.97. The lowest BCUT2D eigenvalue weighted by Gasteiger charge is -2.41. The Kier molecular flexibility index (Phi) is 6.76. The van der Waals surface area contributed by atoms with Gasteiger partial charge in [-0.1, -0.05) is 29.8 Å². The normalized spacial score (nSPS) is 26.5. The standard InChI is InChI=1S/C23H25ClF2N4O4S/c1-13-10-15(8-9-35(13,32)33)30-19(31)11-23(2,29-22(30)27)17-5-3-4-16(20(17)24)14-6-7-18(28-12-14)34-21(25)26/h3-7,12-13,15,21H,8-11H2,1-2H3,(H2,27,29)/t13-,15+,23+/m1/s1. The Morgan fingerprint density at radius 2 is 2.03 bits per heavy atom. The molecule has 1 aromatic heterocycles. The van der Waals surface area contributed by atoms with E-state index in [4.69, 9.17) is 17.3 Å². The summed E-state index contributed by atoms with van der Waals surface area (Å²) in [5.41, 5.74) is 6.93. The van der Waals surface area contributed by atoms with Gasteiger partial charge in [-0.2, -0.15) is 8.78 Å². The van der Waals surface area contributed by atoms with E-state index in [1.54, 1.807) is 38.1 Å². The van der Waals surface area contributed by atoms with E-state index in [1.165, 1.54) is 17.2 Å². The van der Waals surface area contributed by atoms with Crippen molar-refractivity contribution in [3.8, 4) is 17.0 Å². The number of pyridine rings is 1. The van der Waals surface area contributed by atoms with Gasteiger partial charge in [0.15, 0.2) is 15.8 Å². The lowest BCUT2D eigenvalue weighted by molar-refractivity contribution is -0.131. The number of nitrogens with two attached hydrogens (primary N) is 1. The van der Waals surface area contributed by atoms with Gasteiger partial charge in [0.05, 0.1) is 28.0 Å². The highest BCUT2D eigenvalue weighted by Gasteiger charge is 2.44. The maximum atomic E-state index is 13.2. The maximum Gasteiger partial charge on any atom is 0.388 e. The lowest BCUT2D eigenvalue weighted by Crippen LogP contribution is -2.56. The van der Waals surface area contributed by atoms with Crippen LogP contribution in [0.15, 0.2) is 41.5 Å². The van der Waals surface area contributed by atoms with Crippen LogP contribution in [0, 0.1) is 0 Å². The summed E-state index contributed by atoms with van der Waals surface area (Å²) in [5.74, 6) is -0.455. The van der Waals surface area contributed by atoms with E-state index in [0.717, 1.165) is 0 Å². The number of sulfone groups is 1. The van der Waals surface area contributed by atoms with Gasteiger partial charge >= 0.3 is 6.61 Å². The SMILES string of the molecule is C[C@@H]1C[C@@H](N2C(=O)C[C@@](C)(c3cccc(-c4ccc(OC(F)F)nc4)c3Cl)N=C2N)CCS1(=O)=O. The minimum atomic E-state index is -3.17. The number of aromatic nitrogens is 1. The number of ether oxygens (including phenoxy) is 1. The first-order valence-corrected chi connectivity index (χ1v) is 13.1. The molecule has 0 radical (unpaired) electrons. The number of nitrogens with zero attached hydrogens (tertiary/aromatic N) is 3. The monoisotopic (exact) mass is 526 g/mol. The van der Waals surface area contributed by atoms with E-state index in [-0.39, 0.29) is 36.0 Å². The molecule has 8 nitrogen and oxygen atoms in total. The zero-order chi connectivity index (χ0) is 25.5. The number of hydrogen-bond donors (Lipinski definition) is 1. The van der Waals surface area contributed by atoms with Crippen LogP contribution >= 0.6 is 11.6 Å². The molecule has 3 heterocycles. The van der Waals surface area contributed by atoms with Gasteiger partial charge in [0.2, 0.25) is 11.8 Å². The Morgan fingerprint density at radius 1 is 1.29 bits per heavy atom. The molecule has 2 aliphatic rings. The van der Waals surface area contributed by atoms with Crippen molar-refractivity contribution < 1.29 is 26.7 Å². The predicted octanol–water partition coefficient (Wildman–Crippen LogP) is 3.73. The van der Waals surface area contributed by atoms with Crippen LogP contribution in [-0.2, 0) is 20.2 Å². The summed E-state index contributed by atoms with van der Waals surface area (Å²) in [7, 11) is -3.17. The third-order valence-electron chi connectivity index (χ3n) is 6.53. The van der Waals surface area contributed by atoms with E-state index < -0.39 is 27.2 Å². The van der Waals surface area contributed by atoms with Crippen molar-refractivity contribution in [3.63, 3.8) is 0 Å². The zero-order valence-electron chi connectivity index (χ0n) is 19.1. The molecule has 0 unspecified atom stereocenters. The van der Waals surface area contributed by atoms with Crippen LogP contribution in [0.25, 0.3) is 11.1 Å². The van der Waals surface area contributed by atoms with Crippen molar-refractivity contribution in [1.82, 2.24) is 9.88 Å². The van der Waals surface area contributed by atoms with Crippen molar-refractivity contribution in [2.75, 3.05) is 5.75 Å². The van der Waals surface area contributed by atoms with Crippen molar-refractivity contribution in [3.05, 3.63) is 47.1 Å². The summed E-state index contributed by atoms with van der Waals surface area (Å²) in [5, 5.41) is -0.234. The lowest BCUT2D eigenvalue weighted by atomic mass is 9.85. The van der Waals surface area contributed by atoms with Gasteiger partial charge in [0, 0.05) is 29.4 Å². The summed E-state index contributed by atoms with van der Waals surface area (Å²) in [6.07, 6.45) is 1.97. The smallest absolute Gasteiger partial charge is 0.388 e. The quantitative estimate of drug-likeness (QED) is 0.635. The second-order valence-corrected chi connectivity index (χ2v) is 11.9. The molecule has 2 aromatic rings. The topological polar surface area (TPSA) is 115 Å². The molecule has 1 saturated heterocycles. The molecule has 2 N–H and O–H groups in total. The van der Waals surface area contributed by atoms with E-state index in [9.17, 15) is 22.0 Å². The van der Waals surface area contributed by atoms with Crippen LogP contribution < -0.4 is 10.5 Å². The van der Waals surface area contributed by atoms with Crippen LogP contribution in [0.1, 0.15) is 38.7 Å². The minimum Gasteiger partial charge on any atom is -0.417 e. The molecule has 12 heteroatoms. The van der Waals surface area contributed by atoms with Crippen LogP contribution in [0.5, 0.6) is 5.88 Å². The van der Waals surface area contributed by atoms with Gasteiger partial charge in [-0.25, -0.2) is 18.4 Å². The van der Waals surface area contributed by atoms with Gasteiger partial charge in [-0.15, -0.1) is 0 Å². The van der Waals surface area contributed by atoms with E-state index >= 15 is 0 Å². The van der Waals surface area contributed by atoms with Crippen LogP contribution in [-0.4, -0.2) is 53.8 Å². The fraction of sp³-hybridized carbons (Fsp3) is 0.435. The zero-order valence-corrected chi connectivity index (χ0v) is 20.7. The number of carbonyl (C=O) groups excluding carboxylic acids is 1. The summed E-state index contributed by atoms with van der Waals surface area (Å²) in [4.78, 5) is 23.2. The van der Waals surface area contributed by atoms with Gasteiger partial charge in [-0.3, -0.25) is 9.69 Å². The van der Waals surface area contributed by atoms with Crippen molar-refractivity contribution >= 4 is 33.3 Å². The molecule has 0 spiro atoms. The Balaban J connectivity index is 1.64. The van der Waals surface area contributed by atoms with Gasteiger partial charge in [0.1, 0.15) is 0 Å². The van der Waals surface area contributed by atoms with E-state index in [1.807, 2.05) is 0 Å². The van der Waals surface area contributed by atoms with Gasteiger partial charge in [-0.05, 0) is 38.3 Å². The molecule has 35 heavy (non-hydrogen) atoms. The number of benzene rings is 1. The maximum absolute atomic E-state index is 13.2. The molecule has 1 fully saturated rings. The number of aliphatic imine (C=N–C) groups is 1. The highest BCUT2D eigenvalue weighted by molar-refractivity contribution is 7.92. The third-order valence-corrected chi connectivity index (χ3v) is 9.16. The summed E-state index contributed by atoms with van der Waals surface area (Å²) < 4.78 is 53.3. The van der Waals surface area contributed by atoms with Crippen LogP contribution in [0.3, 0.4) is 0 Å². The largest absolute Gasteiger partial charge is 0.417 e. The second kappa shape index (κ2) is 9.34. The molecule has 3 atom stereocenters. The first kappa shape index (κ1) is 25.3. The first-order chi connectivity index (χ1) is 16.4. The summed E-state index contributed by atoms with van der Waals surface area (Å²) >= 11 is 6.74. The number of carbonyl (C=O) groups is 1. The Hall–Kier alpha value is -2.79. The Labute approximate surface area is 207 Å². The molecular formula is C23H25ClF2N4O4S. The van der Waals surface area contributed by atoms with E-state index in [2.05, 4.69) is 14.7 Å². The average Bonchev–Trinajstić information content (AvgIpc) is 2.76. The molecular weight excluding hydrogens is 502 g/mol. The molecule has 0 saturated carbocycles. The molecule has 0 aliphatic carbocycles. The van der Waals surface area contributed by atoms with E-state index in [0.29, 0.717) is 34.6 Å². The number of rotatable bonds is 5. The fourth-order valence-corrected chi connectivity index (χ4v) is 6.61. The van der Waals surface area contributed by atoms with Gasteiger partial charge < -0.3 is 10.5 Å². The predicted molar refractivity (Wildman–Crippen MR) is 128 cm³/mol. The number of hydrogen-bond acceptors (Lipinski definition) is 7. The number of halogens is 3. The van der Waals surface area contributed by atoms with Crippen molar-refractivity contribution in [1.29, 1.82) is 0 Å². The summed E-state index contributed by atoms with van der Waals surface area (Å²) in [6, 6.07) is 7.78. The molecule has 1 aromatic carbocycles. The Morgan fingerprint density at radius 3 is 2.63 bits per heavy atom. The number of alkyl halides is 2. The molecule has 2 aliphatic heterocycles. The van der Waals surface area contributed by atoms with Crippen molar-refractivity contribution in [2.24, 2.45) is 10.7 Å². The van der Waals surface area contributed by atoms with Crippen LogP contribution in [0.4, 0.5) is 8.78 Å². The first-order valence-electron chi connectivity index (χ1n) is 11.0. The summed E-state index contributed by atoms with van der Waals surface area (Å²) in [6.45, 7) is 0.416. The molecule has 0 bridgehead atoms. The Bertz CT molecular complexity index is 1270. The molecule has 188 valence electrons. The average molecular weight is 527 g/mol. The number of guanidine groups is 1. The van der Waals surface area contributed by atoms with Crippen molar-refractivity contribution in [2.45, 2.75) is 56.6 Å². The van der Waals surface area contributed by atoms with Crippen LogP contribution in [0.2, 0.25) is 5.02 Å². The molecule has 4 rings (SSSR count).